The van der Waals surface area contributed by atoms with Gasteiger partial charge in [-0.3, -0.25) is 0 Å². The molecule has 0 amide bonds. The third-order valence-corrected chi connectivity index (χ3v) is 3.50. The maximum absolute atomic E-state index is 2.50. The minimum Gasteiger partial charge on any atom is -0.306 e. The molecule has 1 nitrogen and oxygen atoms in total. The molecule has 78 valence electrons. The Balaban J connectivity index is 2.21. The lowest BCUT2D eigenvalue weighted by atomic mass is 9.83. The predicted molar refractivity (Wildman–Crippen MR) is 58.9 cm³/mol. The Labute approximate surface area is 83.5 Å². The van der Waals surface area contributed by atoms with Crippen LogP contribution in [0.3, 0.4) is 0 Å². The molecule has 0 aliphatic carbocycles. The second kappa shape index (κ2) is 5.64. The summed E-state index contributed by atoms with van der Waals surface area (Å²) in [6, 6.07) is 0. The van der Waals surface area contributed by atoms with Crippen LogP contribution in [0.25, 0.3) is 0 Å². The van der Waals surface area contributed by atoms with E-state index in [1.807, 2.05) is 0 Å². The molecule has 0 saturated carbocycles. The van der Waals surface area contributed by atoms with Gasteiger partial charge in [0.1, 0.15) is 0 Å². The lowest BCUT2D eigenvalue weighted by Gasteiger charge is -2.35. The Morgan fingerprint density at radius 3 is 2.77 bits per heavy atom. The van der Waals surface area contributed by atoms with Crippen LogP contribution in [0.15, 0.2) is 0 Å². The zero-order chi connectivity index (χ0) is 9.68. The highest BCUT2D eigenvalue weighted by molar-refractivity contribution is 4.76. The lowest BCUT2D eigenvalue weighted by Crippen LogP contribution is -2.36. The van der Waals surface area contributed by atoms with Gasteiger partial charge in [0.25, 0.3) is 0 Å². The number of nitrogens with zero attached hydrogens (tertiary/aromatic N) is 1. The summed E-state index contributed by atoms with van der Waals surface area (Å²) < 4.78 is 0. The van der Waals surface area contributed by atoms with E-state index in [-0.39, 0.29) is 0 Å². The topological polar surface area (TPSA) is 3.24 Å². The third kappa shape index (κ3) is 3.68. The fourth-order valence-corrected chi connectivity index (χ4v) is 2.36. The van der Waals surface area contributed by atoms with Crippen molar-refractivity contribution < 1.29 is 0 Å². The summed E-state index contributed by atoms with van der Waals surface area (Å²) in [6.07, 6.45) is 7.09. The van der Waals surface area contributed by atoms with Crippen LogP contribution < -0.4 is 0 Å². The number of hydrogen-bond donors (Lipinski definition) is 0. The highest BCUT2D eigenvalue weighted by Crippen LogP contribution is 2.26. The highest BCUT2D eigenvalue weighted by atomic mass is 15.1. The first kappa shape index (κ1) is 11.0. The normalized spacial score (nSPS) is 30.7. The Bertz CT molecular complexity index is 133. The van der Waals surface area contributed by atoms with Crippen molar-refractivity contribution >= 4 is 0 Å². The molecule has 0 aromatic heterocycles. The van der Waals surface area contributed by atoms with Crippen LogP contribution >= 0.6 is 0 Å². The van der Waals surface area contributed by atoms with E-state index in [4.69, 9.17) is 0 Å². The van der Waals surface area contributed by atoms with E-state index >= 15 is 0 Å². The smallest absolute Gasteiger partial charge is 0.000916 e. The molecule has 0 aromatic rings. The second-order valence-corrected chi connectivity index (χ2v) is 4.78. The molecule has 0 bridgehead atoms. The van der Waals surface area contributed by atoms with Crippen LogP contribution in [0.1, 0.15) is 46.0 Å². The van der Waals surface area contributed by atoms with Crippen LogP contribution in [0.4, 0.5) is 0 Å². The number of unbranched alkanes of at least 4 members (excludes halogenated alkanes) is 2. The van der Waals surface area contributed by atoms with Gasteiger partial charge in [-0.05, 0) is 38.3 Å². The molecule has 1 aliphatic heterocycles. The van der Waals surface area contributed by atoms with Gasteiger partial charge < -0.3 is 4.90 Å². The van der Waals surface area contributed by atoms with Gasteiger partial charge in [0.15, 0.2) is 0 Å². The minimum absolute atomic E-state index is 0.966. The van der Waals surface area contributed by atoms with Gasteiger partial charge in [0.05, 0.1) is 0 Å². The number of hydrogen-bond acceptors (Lipinski definition) is 1. The standard InChI is InChI=1S/C12H25N/c1-4-5-6-7-12-10-13(3)9-8-11(12)2/h11-12H,4-10H2,1-3H3. The molecule has 0 radical (unpaired) electrons. The van der Waals surface area contributed by atoms with Crippen LogP contribution in [-0.2, 0) is 0 Å². The van der Waals surface area contributed by atoms with Gasteiger partial charge in [-0.25, -0.2) is 0 Å². The average molecular weight is 183 g/mol. The van der Waals surface area contributed by atoms with Crippen molar-refractivity contribution in [1.29, 1.82) is 0 Å². The molecule has 1 aliphatic rings. The molecule has 2 atom stereocenters. The molecular weight excluding hydrogens is 158 g/mol. The first-order valence-electron chi connectivity index (χ1n) is 5.92. The molecule has 2 unspecified atom stereocenters. The van der Waals surface area contributed by atoms with Crippen LogP contribution in [0.5, 0.6) is 0 Å². The Kier molecular flexibility index (Phi) is 4.79. The van der Waals surface area contributed by atoms with Gasteiger partial charge >= 0.3 is 0 Å². The fourth-order valence-electron chi connectivity index (χ4n) is 2.36. The second-order valence-electron chi connectivity index (χ2n) is 4.78. The van der Waals surface area contributed by atoms with Crippen molar-refractivity contribution in [2.75, 3.05) is 20.1 Å². The maximum Gasteiger partial charge on any atom is 0.000916 e. The van der Waals surface area contributed by atoms with E-state index in [0.717, 1.165) is 11.8 Å². The maximum atomic E-state index is 2.50. The van der Waals surface area contributed by atoms with E-state index in [9.17, 15) is 0 Å². The predicted octanol–water partition coefficient (Wildman–Crippen LogP) is 3.15. The van der Waals surface area contributed by atoms with E-state index in [1.54, 1.807) is 0 Å². The van der Waals surface area contributed by atoms with Crippen molar-refractivity contribution in [2.45, 2.75) is 46.0 Å². The lowest BCUT2D eigenvalue weighted by molar-refractivity contribution is 0.144. The summed E-state index contributed by atoms with van der Waals surface area (Å²) in [6.45, 7) is 7.37. The summed E-state index contributed by atoms with van der Waals surface area (Å²) in [5, 5.41) is 0. The Morgan fingerprint density at radius 1 is 1.31 bits per heavy atom. The molecule has 1 saturated heterocycles. The van der Waals surface area contributed by atoms with E-state index in [0.29, 0.717) is 0 Å². The molecule has 0 spiro atoms. The first-order chi connectivity index (χ1) is 6.24. The van der Waals surface area contributed by atoms with E-state index in [2.05, 4.69) is 25.8 Å². The van der Waals surface area contributed by atoms with Gasteiger partial charge in [0, 0.05) is 6.54 Å². The van der Waals surface area contributed by atoms with Crippen LogP contribution in [0, 0.1) is 11.8 Å². The molecule has 1 heterocycles. The quantitative estimate of drug-likeness (QED) is 0.605. The van der Waals surface area contributed by atoms with Gasteiger partial charge in [-0.2, -0.15) is 0 Å². The van der Waals surface area contributed by atoms with Crippen molar-refractivity contribution in [1.82, 2.24) is 4.90 Å². The van der Waals surface area contributed by atoms with Gasteiger partial charge in [-0.15, -0.1) is 0 Å². The molecule has 0 N–H and O–H groups in total. The average Bonchev–Trinajstić information content (AvgIpc) is 2.11. The summed E-state index contributed by atoms with van der Waals surface area (Å²) in [5.41, 5.74) is 0. The van der Waals surface area contributed by atoms with Gasteiger partial charge in [0.2, 0.25) is 0 Å². The highest BCUT2D eigenvalue weighted by Gasteiger charge is 2.23. The molecular formula is C12H25N. The molecule has 0 aromatic carbocycles. The third-order valence-electron chi connectivity index (χ3n) is 3.50. The number of piperidine rings is 1. The minimum atomic E-state index is 0.966. The first-order valence-corrected chi connectivity index (χ1v) is 5.92. The largest absolute Gasteiger partial charge is 0.306 e. The van der Waals surface area contributed by atoms with E-state index < -0.39 is 0 Å². The van der Waals surface area contributed by atoms with Crippen molar-refractivity contribution in [3.63, 3.8) is 0 Å². The van der Waals surface area contributed by atoms with Crippen LogP contribution in [0.2, 0.25) is 0 Å². The Hall–Kier alpha value is -0.0400. The number of rotatable bonds is 4. The van der Waals surface area contributed by atoms with E-state index in [1.165, 1.54) is 45.2 Å². The summed E-state index contributed by atoms with van der Waals surface area (Å²) in [4.78, 5) is 2.50. The molecule has 1 rings (SSSR count). The van der Waals surface area contributed by atoms with Crippen molar-refractivity contribution in [3.8, 4) is 0 Å². The molecule has 13 heavy (non-hydrogen) atoms. The summed E-state index contributed by atoms with van der Waals surface area (Å²) in [7, 11) is 2.26. The summed E-state index contributed by atoms with van der Waals surface area (Å²) >= 11 is 0. The van der Waals surface area contributed by atoms with Crippen molar-refractivity contribution in [3.05, 3.63) is 0 Å². The van der Waals surface area contributed by atoms with Crippen LogP contribution in [-0.4, -0.2) is 25.0 Å². The Morgan fingerprint density at radius 2 is 2.08 bits per heavy atom. The fraction of sp³-hybridized carbons (Fsp3) is 1.00. The zero-order valence-corrected chi connectivity index (χ0v) is 9.55. The SMILES string of the molecule is CCCCCC1CN(C)CCC1C. The van der Waals surface area contributed by atoms with Gasteiger partial charge in [-0.1, -0.05) is 33.1 Å². The molecule has 1 heteroatoms. The number of likely N-dealkylation sites (tertiary alicyclic amines) is 1. The molecule has 1 fully saturated rings. The zero-order valence-electron chi connectivity index (χ0n) is 9.55. The van der Waals surface area contributed by atoms with Crippen molar-refractivity contribution in [2.24, 2.45) is 11.8 Å². The summed E-state index contributed by atoms with van der Waals surface area (Å²) in [5.74, 6) is 1.94. The monoisotopic (exact) mass is 183 g/mol.